The highest BCUT2D eigenvalue weighted by Crippen LogP contribution is 2.27. The Morgan fingerprint density at radius 3 is 2.67 bits per heavy atom. The SMILES string of the molecule is CCNC(=NCc1ccco1)NCCNC(=O)CC1CCCC1.I. The first-order valence-corrected chi connectivity index (χ1v) is 8.59. The molecule has 1 amide bonds. The van der Waals surface area contributed by atoms with E-state index >= 15 is 0 Å². The van der Waals surface area contributed by atoms with E-state index in [9.17, 15) is 4.79 Å². The van der Waals surface area contributed by atoms with E-state index in [0.717, 1.165) is 18.3 Å². The van der Waals surface area contributed by atoms with E-state index in [4.69, 9.17) is 4.42 Å². The predicted octanol–water partition coefficient (Wildman–Crippen LogP) is 2.65. The zero-order valence-corrected chi connectivity index (χ0v) is 16.7. The second kappa shape index (κ2) is 12.2. The Kier molecular flexibility index (Phi) is 10.5. The summed E-state index contributed by atoms with van der Waals surface area (Å²) in [5.74, 6) is 2.31. The molecule has 0 unspecified atom stereocenters. The third-order valence-corrected chi connectivity index (χ3v) is 4.01. The zero-order chi connectivity index (χ0) is 16.3. The molecule has 0 aliphatic heterocycles. The summed E-state index contributed by atoms with van der Waals surface area (Å²) in [5, 5.41) is 9.36. The molecule has 2 rings (SSSR count). The van der Waals surface area contributed by atoms with E-state index in [2.05, 4.69) is 20.9 Å². The second-order valence-electron chi connectivity index (χ2n) is 5.91. The Morgan fingerprint density at radius 1 is 1.25 bits per heavy atom. The fourth-order valence-electron chi connectivity index (χ4n) is 2.83. The zero-order valence-electron chi connectivity index (χ0n) is 14.3. The summed E-state index contributed by atoms with van der Waals surface area (Å²) in [6, 6.07) is 3.75. The van der Waals surface area contributed by atoms with Crippen LogP contribution in [0.25, 0.3) is 0 Å². The molecular weight excluding hydrogens is 419 g/mol. The summed E-state index contributed by atoms with van der Waals surface area (Å²) in [6.07, 6.45) is 7.28. The van der Waals surface area contributed by atoms with Crippen LogP contribution >= 0.6 is 24.0 Å². The molecule has 0 saturated heterocycles. The number of nitrogens with one attached hydrogen (secondary N) is 3. The summed E-state index contributed by atoms with van der Waals surface area (Å²) < 4.78 is 5.26. The van der Waals surface area contributed by atoms with Crippen molar-refractivity contribution >= 4 is 35.8 Å². The lowest BCUT2D eigenvalue weighted by atomic mass is 10.0. The quantitative estimate of drug-likeness (QED) is 0.247. The van der Waals surface area contributed by atoms with Crippen LogP contribution in [0.5, 0.6) is 0 Å². The van der Waals surface area contributed by atoms with Gasteiger partial charge in [-0.1, -0.05) is 12.8 Å². The Labute approximate surface area is 161 Å². The number of furan rings is 1. The van der Waals surface area contributed by atoms with Crippen molar-refractivity contribution < 1.29 is 9.21 Å². The Morgan fingerprint density at radius 2 is 2.00 bits per heavy atom. The van der Waals surface area contributed by atoms with Gasteiger partial charge >= 0.3 is 0 Å². The highest BCUT2D eigenvalue weighted by Gasteiger charge is 2.17. The molecule has 1 aromatic heterocycles. The molecule has 7 heteroatoms. The van der Waals surface area contributed by atoms with Crippen molar-refractivity contribution in [1.29, 1.82) is 0 Å². The minimum Gasteiger partial charge on any atom is -0.467 e. The molecule has 1 fully saturated rings. The third-order valence-electron chi connectivity index (χ3n) is 4.01. The lowest BCUT2D eigenvalue weighted by molar-refractivity contribution is -0.121. The van der Waals surface area contributed by atoms with Gasteiger partial charge in [-0.15, -0.1) is 24.0 Å². The summed E-state index contributed by atoms with van der Waals surface area (Å²) in [4.78, 5) is 16.3. The van der Waals surface area contributed by atoms with E-state index in [1.165, 1.54) is 25.7 Å². The van der Waals surface area contributed by atoms with Crippen molar-refractivity contribution in [3.63, 3.8) is 0 Å². The average molecular weight is 448 g/mol. The standard InChI is InChI=1S/C17H28N4O2.HI/c1-2-18-17(21-13-15-8-5-11-23-15)20-10-9-19-16(22)12-14-6-3-4-7-14;/h5,8,11,14H,2-4,6-7,9-10,12-13H2,1H3,(H,19,22)(H2,18,20,21);1H. The maximum atomic E-state index is 11.9. The Balaban J connectivity index is 0.00000288. The van der Waals surface area contributed by atoms with Gasteiger partial charge in [0.1, 0.15) is 12.3 Å². The highest BCUT2D eigenvalue weighted by molar-refractivity contribution is 14.0. The van der Waals surface area contributed by atoms with Crippen molar-refractivity contribution in [2.45, 2.75) is 45.6 Å². The topological polar surface area (TPSA) is 78.7 Å². The maximum Gasteiger partial charge on any atom is 0.220 e. The van der Waals surface area contributed by atoms with Crippen LogP contribution in [0.1, 0.15) is 44.8 Å². The van der Waals surface area contributed by atoms with Gasteiger partial charge < -0.3 is 20.4 Å². The van der Waals surface area contributed by atoms with Crippen LogP contribution < -0.4 is 16.0 Å². The van der Waals surface area contributed by atoms with Crippen LogP contribution in [0, 0.1) is 5.92 Å². The molecule has 0 radical (unpaired) electrons. The summed E-state index contributed by atoms with van der Waals surface area (Å²) in [6.45, 7) is 4.57. The smallest absolute Gasteiger partial charge is 0.220 e. The van der Waals surface area contributed by atoms with Crippen LogP contribution in [0.4, 0.5) is 0 Å². The minimum absolute atomic E-state index is 0. The average Bonchev–Trinajstić information content (AvgIpc) is 3.22. The number of amides is 1. The van der Waals surface area contributed by atoms with Crippen LogP contribution in [0.3, 0.4) is 0 Å². The van der Waals surface area contributed by atoms with E-state index in [1.54, 1.807) is 6.26 Å². The van der Waals surface area contributed by atoms with Gasteiger partial charge in [-0.2, -0.15) is 0 Å². The van der Waals surface area contributed by atoms with E-state index in [1.807, 2.05) is 19.1 Å². The molecule has 1 aliphatic rings. The van der Waals surface area contributed by atoms with Gasteiger partial charge in [-0.25, -0.2) is 4.99 Å². The first-order valence-electron chi connectivity index (χ1n) is 8.59. The Hall–Kier alpha value is -1.25. The summed E-state index contributed by atoms with van der Waals surface area (Å²) in [7, 11) is 0. The molecule has 24 heavy (non-hydrogen) atoms. The number of halogens is 1. The number of hydrogen-bond donors (Lipinski definition) is 3. The number of carbonyl (C=O) groups excluding carboxylic acids is 1. The lowest BCUT2D eigenvalue weighted by Crippen LogP contribution is -2.41. The van der Waals surface area contributed by atoms with Crippen LogP contribution in [0.15, 0.2) is 27.8 Å². The summed E-state index contributed by atoms with van der Waals surface area (Å²) in [5.41, 5.74) is 0. The molecule has 0 bridgehead atoms. The molecule has 1 aliphatic carbocycles. The van der Waals surface area contributed by atoms with Gasteiger partial charge in [0.15, 0.2) is 5.96 Å². The monoisotopic (exact) mass is 448 g/mol. The van der Waals surface area contributed by atoms with Gasteiger partial charge in [0.2, 0.25) is 5.91 Å². The van der Waals surface area contributed by atoms with E-state index in [0.29, 0.717) is 32.0 Å². The molecule has 0 aromatic carbocycles. The molecular formula is C17H29IN4O2. The molecule has 136 valence electrons. The van der Waals surface area contributed by atoms with Gasteiger partial charge in [0.05, 0.1) is 6.26 Å². The number of carbonyl (C=O) groups is 1. The lowest BCUT2D eigenvalue weighted by Gasteiger charge is -2.12. The first-order chi connectivity index (χ1) is 11.3. The first kappa shape index (κ1) is 20.8. The second-order valence-corrected chi connectivity index (χ2v) is 5.91. The van der Waals surface area contributed by atoms with Crippen molar-refractivity contribution in [2.24, 2.45) is 10.9 Å². The fraction of sp³-hybridized carbons (Fsp3) is 0.647. The normalized spacial score (nSPS) is 15.0. The predicted molar refractivity (Wildman–Crippen MR) is 107 cm³/mol. The van der Waals surface area contributed by atoms with Crippen molar-refractivity contribution in [3.8, 4) is 0 Å². The molecule has 1 aromatic rings. The van der Waals surface area contributed by atoms with Crippen molar-refractivity contribution in [1.82, 2.24) is 16.0 Å². The van der Waals surface area contributed by atoms with Gasteiger partial charge in [-0.05, 0) is 37.8 Å². The van der Waals surface area contributed by atoms with Crippen LogP contribution in [-0.4, -0.2) is 31.5 Å². The summed E-state index contributed by atoms with van der Waals surface area (Å²) >= 11 is 0. The molecule has 6 nitrogen and oxygen atoms in total. The molecule has 0 spiro atoms. The highest BCUT2D eigenvalue weighted by atomic mass is 127. The maximum absolute atomic E-state index is 11.9. The van der Waals surface area contributed by atoms with Crippen LogP contribution in [0.2, 0.25) is 0 Å². The Bertz CT molecular complexity index is 485. The number of aliphatic imine (C=N–C) groups is 1. The van der Waals surface area contributed by atoms with Crippen molar-refractivity contribution in [3.05, 3.63) is 24.2 Å². The number of nitrogens with zero attached hydrogens (tertiary/aromatic N) is 1. The third kappa shape index (κ3) is 8.03. The number of guanidine groups is 1. The van der Waals surface area contributed by atoms with E-state index < -0.39 is 0 Å². The van der Waals surface area contributed by atoms with Crippen LogP contribution in [-0.2, 0) is 11.3 Å². The van der Waals surface area contributed by atoms with Gasteiger partial charge in [0, 0.05) is 26.1 Å². The molecule has 0 atom stereocenters. The molecule has 1 saturated carbocycles. The number of hydrogen-bond acceptors (Lipinski definition) is 3. The minimum atomic E-state index is 0. The molecule has 1 heterocycles. The number of rotatable bonds is 8. The molecule has 3 N–H and O–H groups in total. The van der Waals surface area contributed by atoms with Gasteiger partial charge in [0.25, 0.3) is 0 Å². The largest absolute Gasteiger partial charge is 0.467 e. The van der Waals surface area contributed by atoms with E-state index in [-0.39, 0.29) is 29.9 Å². The fourth-order valence-corrected chi connectivity index (χ4v) is 2.83. The van der Waals surface area contributed by atoms with Crippen molar-refractivity contribution in [2.75, 3.05) is 19.6 Å². The van der Waals surface area contributed by atoms with Gasteiger partial charge in [-0.3, -0.25) is 4.79 Å².